The first-order chi connectivity index (χ1) is 13.6. The number of hydrogen-bond donors (Lipinski definition) is 2. The first kappa shape index (κ1) is 21.0. The van der Waals surface area contributed by atoms with Crippen LogP contribution >= 0.6 is 11.3 Å². The third kappa shape index (κ3) is 4.31. The Morgan fingerprint density at radius 1 is 1.21 bits per heavy atom. The quantitative estimate of drug-likeness (QED) is 0.658. The van der Waals surface area contributed by atoms with Crippen LogP contribution in [-0.4, -0.2) is 44.9 Å². The summed E-state index contributed by atoms with van der Waals surface area (Å²) in [7, 11) is -3.82. The van der Waals surface area contributed by atoms with Gasteiger partial charge in [0.25, 0.3) is 15.9 Å². The van der Waals surface area contributed by atoms with E-state index in [1.165, 1.54) is 11.0 Å². The van der Waals surface area contributed by atoms with Crippen LogP contribution in [0, 0.1) is 0 Å². The van der Waals surface area contributed by atoms with Crippen LogP contribution < -0.4 is 14.9 Å². The zero-order valence-corrected chi connectivity index (χ0v) is 17.3. The molecule has 2 aromatic rings. The molecule has 0 fully saturated rings. The van der Waals surface area contributed by atoms with Gasteiger partial charge in [0, 0.05) is 0 Å². The summed E-state index contributed by atoms with van der Waals surface area (Å²) < 4.78 is 31.1. The molecule has 2 amide bonds. The van der Waals surface area contributed by atoms with E-state index in [0.29, 0.717) is 11.4 Å². The largest absolute Gasteiger partial charge is 0.455 e. The van der Waals surface area contributed by atoms with Gasteiger partial charge >= 0.3 is 5.97 Å². The maximum absolute atomic E-state index is 12.7. The number of sulfonamides is 1. The molecule has 3 rings (SSSR count). The molecular formula is C18H19N3O6S2. The number of carbonyl (C=O) groups excluding carboxylic acids is 3. The minimum Gasteiger partial charge on any atom is -0.455 e. The second-order valence-electron chi connectivity index (χ2n) is 6.68. The Bertz CT molecular complexity index is 1050. The van der Waals surface area contributed by atoms with Crippen molar-refractivity contribution in [3.63, 3.8) is 0 Å². The van der Waals surface area contributed by atoms with Crippen LogP contribution in [0.3, 0.4) is 0 Å². The molecule has 2 N–H and O–H groups in total. The lowest BCUT2D eigenvalue weighted by Crippen LogP contribution is -2.59. The first-order valence-corrected chi connectivity index (χ1v) is 10.9. The van der Waals surface area contributed by atoms with Gasteiger partial charge in [-0.15, -0.1) is 11.3 Å². The minimum absolute atomic E-state index is 0.0686. The predicted octanol–water partition coefficient (Wildman–Crippen LogP) is 1.33. The van der Waals surface area contributed by atoms with Crippen LogP contribution in [0.15, 0.2) is 46.0 Å². The summed E-state index contributed by atoms with van der Waals surface area (Å²) in [5.74, 6) is -1.89. The summed E-state index contributed by atoms with van der Waals surface area (Å²) in [6.07, 6.45) is 0. The standard InChI is InChI=1S/C18H19N3O6S2/c1-18(2)17(24)20-12-6-3-4-7-13(12)21(18)14(22)11-27-15(23)10-19-29(25,26)16-8-5-9-28-16/h3-9,19H,10-11H2,1-2H3,(H,20,24). The van der Waals surface area contributed by atoms with Gasteiger partial charge < -0.3 is 10.1 Å². The molecule has 0 radical (unpaired) electrons. The average Bonchev–Trinajstić information content (AvgIpc) is 3.21. The molecule has 0 atom stereocenters. The van der Waals surface area contributed by atoms with Crippen molar-refractivity contribution in [2.24, 2.45) is 0 Å². The summed E-state index contributed by atoms with van der Waals surface area (Å²) in [6, 6.07) is 9.75. The van der Waals surface area contributed by atoms with E-state index in [-0.39, 0.29) is 10.1 Å². The number of thiophene rings is 1. The Hall–Kier alpha value is -2.76. The molecule has 0 spiro atoms. The van der Waals surface area contributed by atoms with Crippen LogP contribution in [0.25, 0.3) is 0 Å². The number of fused-ring (bicyclic) bond motifs is 1. The van der Waals surface area contributed by atoms with Crippen molar-refractivity contribution in [2.75, 3.05) is 23.4 Å². The summed E-state index contributed by atoms with van der Waals surface area (Å²) >= 11 is 1.01. The highest BCUT2D eigenvalue weighted by Gasteiger charge is 2.43. The van der Waals surface area contributed by atoms with Crippen molar-refractivity contribution >= 4 is 50.5 Å². The topological polar surface area (TPSA) is 122 Å². The van der Waals surface area contributed by atoms with Crippen molar-refractivity contribution in [3.8, 4) is 0 Å². The van der Waals surface area contributed by atoms with E-state index in [1.54, 1.807) is 49.6 Å². The van der Waals surface area contributed by atoms with Crippen molar-refractivity contribution in [1.29, 1.82) is 0 Å². The summed E-state index contributed by atoms with van der Waals surface area (Å²) in [5.41, 5.74) is -0.240. The number of ether oxygens (including phenoxy) is 1. The Labute approximate surface area is 171 Å². The van der Waals surface area contributed by atoms with Crippen molar-refractivity contribution in [2.45, 2.75) is 23.6 Å². The minimum atomic E-state index is -3.82. The van der Waals surface area contributed by atoms with Crippen molar-refractivity contribution in [1.82, 2.24) is 4.72 Å². The number of para-hydroxylation sites is 2. The van der Waals surface area contributed by atoms with E-state index < -0.39 is 40.6 Å². The average molecular weight is 437 g/mol. The van der Waals surface area contributed by atoms with Gasteiger partial charge in [-0.25, -0.2) is 8.42 Å². The predicted molar refractivity (Wildman–Crippen MR) is 107 cm³/mol. The van der Waals surface area contributed by atoms with E-state index in [1.807, 2.05) is 0 Å². The number of hydrogen-bond acceptors (Lipinski definition) is 7. The number of anilines is 2. The van der Waals surface area contributed by atoms with E-state index >= 15 is 0 Å². The molecular weight excluding hydrogens is 418 g/mol. The van der Waals surface area contributed by atoms with E-state index in [4.69, 9.17) is 4.74 Å². The van der Waals surface area contributed by atoms with Gasteiger partial charge in [-0.3, -0.25) is 19.3 Å². The molecule has 1 aromatic carbocycles. The maximum Gasteiger partial charge on any atom is 0.321 e. The second kappa shape index (κ2) is 7.93. The molecule has 0 aliphatic carbocycles. The normalized spacial score (nSPS) is 15.4. The third-order valence-electron chi connectivity index (χ3n) is 4.28. The molecule has 9 nitrogen and oxygen atoms in total. The fourth-order valence-electron chi connectivity index (χ4n) is 2.80. The zero-order chi connectivity index (χ0) is 21.2. The Kier molecular flexibility index (Phi) is 5.73. The molecule has 2 heterocycles. The molecule has 1 aliphatic heterocycles. The lowest BCUT2D eigenvalue weighted by atomic mass is 9.96. The fourth-order valence-corrected chi connectivity index (χ4v) is 4.80. The Morgan fingerprint density at radius 2 is 1.93 bits per heavy atom. The smallest absolute Gasteiger partial charge is 0.321 e. The number of benzene rings is 1. The lowest BCUT2D eigenvalue weighted by Gasteiger charge is -2.41. The SMILES string of the molecule is CC1(C)C(=O)Nc2ccccc2N1C(=O)COC(=O)CNS(=O)(=O)c1cccs1. The molecule has 1 aromatic heterocycles. The first-order valence-electron chi connectivity index (χ1n) is 8.55. The molecule has 11 heteroatoms. The summed E-state index contributed by atoms with van der Waals surface area (Å²) in [6.45, 7) is 1.90. The van der Waals surface area contributed by atoms with Crippen LogP contribution in [0.1, 0.15) is 13.8 Å². The molecule has 0 unspecified atom stereocenters. The Morgan fingerprint density at radius 3 is 2.62 bits per heavy atom. The number of esters is 1. The van der Waals surface area contributed by atoms with Crippen LogP contribution in [0.5, 0.6) is 0 Å². The molecule has 0 saturated heterocycles. The highest BCUT2D eigenvalue weighted by atomic mass is 32.2. The van der Waals surface area contributed by atoms with Crippen molar-refractivity contribution in [3.05, 3.63) is 41.8 Å². The molecule has 29 heavy (non-hydrogen) atoms. The third-order valence-corrected chi connectivity index (χ3v) is 7.08. The number of carbonyl (C=O) groups is 3. The molecule has 0 saturated carbocycles. The maximum atomic E-state index is 12.7. The van der Waals surface area contributed by atoms with Gasteiger partial charge in [0.05, 0.1) is 11.4 Å². The van der Waals surface area contributed by atoms with Gasteiger partial charge in [0.15, 0.2) is 6.61 Å². The molecule has 0 bridgehead atoms. The van der Waals surface area contributed by atoms with Gasteiger partial charge in [0.2, 0.25) is 5.91 Å². The number of nitrogens with zero attached hydrogens (tertiary/aromatic N) is 1. The number of nitrogens with one attached hydrogen (secondary N) is 2. The van der Waals surface area contributed by atoms with Gasteiger partial charge in [-0.05, 0) is 37.4 Å². The highest BCUT2D eigenvalue weighted by Crippen LogP contribution is 2.36. The molecule has 154 valence electrons. The summed E-state index contributed by atoms with van der Waals surface area (Å²) in [5, 5.41) is 4.33. The van der Waals surface area contributed by atoms with Gasteiger partial charge in [-0.2, -0.15) is 4.72 Å². The van der Waals surface area contributed by atoms with E-state index in [2.05, 4.69) is 10.0 Å². The monoisotopic (exact) mass is 437 g/mol. The van der Waals surface area contributed by atoms with E-state index in [0.717, 1.165) is 11.3 Å². The van der Waals surface area contributed by atoms with Gasteiger partial charge in [-0.1, -0.05) is 18.2 Å². The highest BCUT2D eigenvalue weighted by molar-refractivity contribution is 7.91. The van der Waals surface area contributed by atoms with Gasteiger partial charge in [0.1, 0.15) is 16.3 Å². The lowest BCUT2D eigenvalue weighted by molar-refractivity contribution is -0.147. The van der Waals surface area contributed by atoms with Crippen LogP contribution in [0.4, 0.5) is 11.4 Å². The van der Waals surface area contributed by atoms with Crippen LogP contribution in [0.2, 0.25) is 0 Å². The van der Waals surface area contributed by atoms with Crippen LogP contribution in [-0.2, 0) is 29.1 Å². The number of rotatable bonds is 6. The molecule has 1 aliphatic rings. The second-order valence-corrected chi connectivity index (χ2v) is 9.62. The van der Waals surface area contributed by atoms with E-state index in [9.17, 15) is 22.8 Å². The summed E-state index contributed by atoms with van der Waals surface area (Å²) in [4.78, 5) is 38.3. The zero-order valence-electron chi connectivity index (χ0n) is 15.7. The number of amides is 2. The fraction of sp³-hybridized carbons (Fsp3) is 0.278. The van der Waals surface area contributed by atoms with Crippen molar-refractivity contribution < 1.29 is 27.5 Å². The Balaban J connectivity index is 1.64.